The predicted octanol–water partition coefficient (Wildman–Crippen LogP) is 3.36. The topological polar surface area (TPSA) is 63.6 Å². The highest BCUT2D eigenvalue weighted by molar-refractivity contribution is 6.08. The van der Waals surface area contributed by atoms with Gasteiger partial charge in [-0.1, -0.05) is 54.6 Å². The van der Waals surface area contributed by atoms with Crippen LogP contribution in [0.5, 0.6) is 0 Å². The van der Waals surface area contributed by atoms with E-state index < -0.39 is 17.5 Å². The number of esters is 1. The Morgan fingerprint density at radius 1 is 1.05 bits per heavy atom. The molecule has 0 aliphatic carbocycles. The summed E-state index contributed by atoms with van der Waals surface area (Å²) in [5.74, 6) is -2.07. The highest BCUT2D eigenvalue weighted by Gasteiger charge is 2.13. The first-order chi connectivity index (χ1) is 10.6. The number of hydrogen-bond acceptors (Lipinski definition) is 4. The third kappa shape index (κ3) is 4.06. The lowest BCUT2D eigenvalue weighted by Gasteiger charge is -2.05. The summed E-state index contributed by atoms with van der Waals surface area (Å²) in [5.41, 5.74) is 2.01. The van der Waals surface area contributed by atoms with Gasteiger partial charge >= 0.3 is 5.97 Å². The van der Waals surface area contributed by atoms with Gasteiger partial charge in [0.05, 0.1) is 0 Å². The van der Waals surface area contributed by atoms with Gasteiger partial charge in [0.25, 0.3) is 0 Å². The number of aryl methyl sites for hydroxylation is 1. The Bertz CT molecular complexity index is 702. The number of rotatable bonds is 5. The number of carbonyl (C=O) groups excluding carboxylic acids is 2. The maximum atomic E-state index is 12.0. The van der Waals surface area contributed by atoms with Gasteiger partial charge in [-0.05, 0) is 18.1 Å². The Morgan fingerprint density at radius 3 is 2.36 bits per heavy atom. The van der Waals surface area contributed by atoms with E-state index in [-0.39, 0.29) is 6.61 Å². The van der Waals surface area contributed by atoms with Crippen LogP contribution in [-0.4, -0.2) is 16.9 Å². The van der Waals surface area contributed by atoms with Crippen LogP contribution < -0.4 is 0 Å². The van der Waals surface area contributed by atoms with Gasteiger partial charge in [-0.3, -0.25) is 4.79 Å². The van der Waals surface area contributed by atoms with Crippen molar-refractivity contribution in [3.63, 3.8) is 0 Å². The number of ketones is 1. The lowest BCUT2D eigenvalue weighted by molar-refractivity contribution is -0.143. The second kappa shape index (κ2) is 7.22. The minimum Gasteiger partial charge on any atom is -0.502 e. The molecule has 0 aromatic heterocycles. The fourth-order valence-electron chi connectivity index (χ4n) is 1.91. The Balaban J connectivity index is 2.01. The van der Waals surface area contributed by atoms with E-state index in [0.717, 1.165) is 17.2 Å². The number of aliphatic hydroxyl groups excluding tert-OH is 1. The molecule has 0 aliphatic rings. The Labute approximate surface area is 128 Å². The van der Waals surface area contributed by atoms with Crippen molar-refractivity contribution >= 4 is 11.8 Å². The minimum atomic E-state index is -0.925. The first-order valence-corrected chi connectivity index (χ1v) is 6.79. The fourth-order valence-corrected chi connectivity index (χ4v) is 1.91. The number of hydrogen-bond donors (Lipinski definition) is 1. The van der Waals surface area contributed by atoms with Crippen molar-refractivity contribution in [1.82, 2.24) is 0 Å². The van der Waals surface area contributed by atoms with Crippen LogP contribution in [0, 0.1) is 6.92 Å². The zero-order valence-corrected chi connectivity index (χ0v) is 12.2. The monoisotopic (exact) mass is 296 g/mol. The van der Waals surface area contributed by atoms with Crippen LogP contribution in [0.2, 0.25) is 0 Å². The summed E-state index contributed by atoms with van der Waals surface area (Å²) >= 11 is 0. The van der Waals surface area contributed by atoms with Crippen LogP contribution >= 0.6 is 0 Å². The molecule has 0 spiro atoms. The summed E-state index contributed by atoms with van der Waals surface area (Å²) in [4.78, 5) is 23.7. The van der Waals surface area contributed by atoms with Gasteiger partial charge in [0, 0.05) is 11.6 Å². The van der Waals surface area contributed by atoms with E-state index in [0.29, 0.717) is 5.56 Å². The Morgan fingerprint density at radius 2 is 1.68 bits per heavy atom. The predicted molar refractivity (Wildman–Crippen MR) is 82.5 cm³/mol. The number of ether oxygens (including phenoxy) is 1. The second-order valence-corrected chi connectivity index (χ2v) is 4.77. The Hall–Kier alpha value is -2.88. The molecule has 0 saturated carbocycles. The van der Waals surface area contributed by atoms with Crippen molar-refractivity contribution in [2.24, 2.45) is 0 Å². The number of benzene rings is 2. The van der Waals surface area contributed by atoms with Gasteiger partial charge in [0.15, 0.2) is 5.78 Å². The fraction of sp³-hybridized carbons (Fsp3) is 0.111. The molecule has 0 saturated heterocycles. The molecule has 2 aromatic rings. The largest absolute Gasteiger partial charge is 0.502 e. The van der Waals surface area contributed by atoms with E-state index in [9.17, 15) is 14.7 Å². The maximum absolute atomic E-state index is 12.0. The maximum Gasteiger partial charge on any atom is 0.373 e. The quantitative estimate of drug-likeness (QED) is 0.398. The zero-order chi connectivity index (χ0) is 15.9. The average molecular weight is 296 g/mol. The van der Waals surface area contributed by atoms with Gasteiger partial charge in [-0.25, -0.2) is 4.79 Å². The third-order valence-corrected chi connectivity index (χ3v) is 3.10. The van der Waals surface area contributed by atoms with Crippen LogP contribution in [0.1, 0.15) is 21.5 Å². The highest BCUT2D eigenvalue weighted by Crippen LogP contribution is 2.10. The molecule has 0 radical (unpaired) electrons. The van der Waals surface area contributed by atoms with E-state index in [1.54, 1.807) is 37.3 Å². The molecule has 0 atom stereocenters. The van der Waals surface area contributed by atoms with E-state index in [4.69, 9.17) is 4.74 Å². The molecule has 0 heterocycles. The van der Waals surface area contributed by atoms with Crippen molar-refractivity contribution in [2.75, 3.05) is 0 Å². The van der Waals surface area contributed by atoms with Gasteiger partial charge in [0.1, 0.15) is 6.61 Å². The molecular formula is C18H16O4. The molecule has 2 rings (SSSR count). The molecule has 112 valence electrons. The van der Waals surface area contributed by atoms with Gasteiger partial charge < -0.3 is 9.84 Å². The molecule has 0 fully saturated rings. The summed E-state index contributed by atoms with van der Waals surface area (Å²) in [7, 11) is 0. The number of carbonyl (C=O) groups is 2. The van der Waals surface area contributed by atoms with Crippen molar-refractivity contribution in [3.8, 4) is 0 Å². The number of aliphatic hydroxyl groups is 1. The van der Waals surface area contributed by atoms with E-state index in [1.807, 2.05) is 24.3 Å². The first kappa shape index (κ1) is 15.5. The van der Waals surface area contributed by atoms with Crippen molar-refractivity contribution in [3.05, 3.63) is 83.1 Å². The van der Waals surface area contributed by atoms with Gasteiger partial charge in [-0.2, -0.15) is 0 Å². The molecule has 1 N–H and O–H groups in total. The zero-order valence-electron chi connectivity index (χ0n) is 12.2. The summed E-state index contributed by atoms with van der Waals surface area (Å²) in [5, 5.41) is 9.68. The Kier molecular flexibility index (Phi) is 5.09. The molecule has 4 heteroatoms. The average Bonchev–Trinajstić information content (AvgIpc) is 2.53. The lowest BCUT2D eigenvalue weighted by Crippen LogP contribution is -2.10. The van der Waals surface area contributed by atoms with E-state index in [1.165, 1.54) is 0 Å². The smallest absolute Gasteiger partial charge is 0.373 e. The van der Waals surface area contributed by atoms with Crippen molar-refractivity contribution in [2.45, 2.75) is 13.5 Å². The number of allylic oxidation sites excluding steroid dienone is 1. The second-order valence-electron chi connectivity index (χ2n) is 4.77. The van der Waals surface area contributed by atoms with E-state index >= 15 is 0 Å². The van der Waals surface area contributed by atoms with Crippen LogP contribution in [0.4, 0.5) is 0 Å². The summed E-state index contributed by atoms with van der Waals surface area (Å²) < 4.78 is 4.95. The highest BCUT2D eigenvalue weighted by atomic mass is 16.5. The molecule has 0 aliphatic heterocycles. The van der Waals surface area contributed by atoms with Gasteiger partial charge in [-0.15, -0.1) is 0 Å². The molecule has 2 aromatic carbocycles. The molecule has 22 heavy (non-hydrogen) atoms. The molecule has 0 bridgehead atoms. The van der Waals surface area contributed by atoms with Crippen molar-refractivity contribution < 1.29 is 19.4 Å². The molecule has 4 nitrogen and oxygen atoms in total. The van der Waals surface area contributed by atoms with Gasteiger partial charge in [0.2, 0.25) is 5.76 Å². The van der Waals surface area contributed by atoms with Crippen LogP contribution in [-0.2, 0) is 16.1 Å². The molecule has 0 amide bonds. The normalized spacial score (nSPS) is 11.0. The molecule has 0 unspecified atom stereocenters. The standard InChI is InChI=1S/C18H16O4/c1-13-7-5-6-10-15(13)16(19)11-17(20)18(21)22-12-14-8-3-2-4-9-14/h2-11,20H,12H2,1H3/b17-11-. The van der Waals surface area contributed by atoms with Crippen LogP contribution in [0.3, 0.4) is 0 Å². The van der Waals surface area contributed by atoms with Crippen LogP contribution in [0.25, 0.3) is 0 Å². The SMILES string of the molecule is Cc1ccccc1C(=O)/C=C(\O)C(=O)OCc1ccccc1. The lowest BCUT2D eigenvalue weighted by atomic mass is 10.0. The summed E-state index contributed by atoms with van der Waals surface area (Å²) in [6, 6.07) is 16.0. The summed E-state index contributed by atoms with van der Waals surface area (Å²) in [6.45, 7) is 1.82. The van der Waals surface area contributed by atoms with E-state index in [2.05, 4.69) is 0 Å². The summed E-state index contributed by atoms with van der Waals surface area (Å²) in [6.07, 6.45) is 0.885. The third-order valence-electron chi connectivity index (χ3n) is 3.10. The molecular weight excluding hydrogens is 280 g/mol. The minimum absolute atomic E-state index is 0.0378. The van der Waals surface area contributed by atoms with Crippen molar-refractivity contribution in [1.29, 1.82) is 0 Å². The van der Waals surface area contributed by atoms with Crippen LogP contribution in [0.15, 0.2) is 66.4 Å². The first-order valence-electron chi connectivity index (χ1n) is 6.79.